The van der Waals surface area contributed by atoms with E-state index in [0.29, 0.717) is 18.9 Å². The molecule has 15 heavy (non-hydrogen) atoms. The fourth-order valence-electron chi connectivity index (χ4n) is 2.33. The van der Waals surface area contributed by atoms with Crippen molar-refractivity contribution < 1.29 is 14.7 Å². The molecule has 0 bridgehead atoms. The summed E-state index contributed by atoms with van der Waals surface area (Å²) >= 11 is 0. The number of amides is 1. The lowest BCUT2D eigenvalue weighted by molar-refractivity contribution is -0.152. The van der Waals surface area contributed by atoms with Crippen molar-refractivity contribution in [3.63, 3.8) is 0 Å². The molecule has 1 amide bonds. The summed E-state index contributed by atoms with van der Waals surface area (Å²) in [7, 11) is 0. The predicted molar refractivity (Wildman–Crippen MR) is 54.3 cm³/mol. The van der Waals surface area contributed by atoms with E-state index in [4.69, 9.17) is 5.11 Å². The molecule has 1 saturated heterocycles. The molecule has 0 radical (unpaired) electrons. The molecule has 3 atom stereocenters. The maximum Gasteiger partial charge on any atom is 0.326 e. The summed E-state index contributed by atoms with van der Waals surface area (Å²) in [4.78, 5) is 24.5. The fraction of sp³-hybridized carbons (Fsp3) is 0.818. The monoisotopic (exact) mass is 211 g/mol. The number of aliphatic carboxylic acids is 1. The summed E-state index contributed by atoms with van der Waals surface area (Å²) < 4.78 is 0. The summed E-state index contributed by atoms with van der Waals surface area (Å²) in [6, 6.07) is -0.570. The van der Waals surface area contributed by atoms with Crippen molar-refractivity contribution in [2.75, 3.05) is 6.54 Å². The molecular formula is C11H17NO3. The van der Waals surface area contributed by atoms with Gasteiger partial charge < -0.3 is 10.0 Å². The lowest BCUT2D eigenvalue weighted by atomic mass is 10.0. The molecule has 4 nitrogen and oxygen atoms in total. The van der Waals surface area contributed by atoms with E-state index in [0.717, 1.165) is 19.3 Å². The van der Waals surface area contributed by atoms with E-state index in [1.54, 1.807) is 4.90 Å². The average Bonchev–Trinajstić information content (AvgIpc) is 2.94. The van der Waals surface area contributed by atoms with E-state index in [9.17, 15) is 9.59 Å². The molecule has 0 aromatic heterocycles. The summed E-state index contributed by atoms with van der Waals surface area (Å²) in [6.45, 7) is 2.67. The quantitative estimate of drug-likeness (QED) is 0.744. The Morgan fingerprint density at radius 2 is 2.00 bits per heavy atom. The first kappa shape index (κ1) is 10.5. The number of hydrogen-bond donors (Lipinski definition) is 1. The standard InChI is InChI=1S/C11H17NO3/c1-7-6-8(7)10(13)12-5-3-2-4-9(12)11(14)15/h7-9H,2-6H2,1H3,(H,14,15)/t7-,8-,9-/m1/s1. The summed E-state index contributed by atoms with van der Waals surface area (Å²) in [5.41, 5.74) is 0. The van der Waals surface area contributed by atoms with Crippen molar-refractivity contribution in [2.45, 2.75) is 38.6 Å². The van der Waals surface area contributed by atoms with Gasteiger partial charge in [-0.15, -0.1) is 0 Å². The van der Waals surface area contributed by atoms with E-state index in [1.165, 1.54) is 0 Å². The molecule has 1 heterocycles. The molecule has 84 valence electrons. The van der Waals surface area contributed by atoms with Crippen LogP contribution in [-0.4, -0.2) is 34.5 Å². The Labute approximate surface area is 89.3 Å². The van der Waals surface area contributed by atoms with Crippen LogP contribution in [0.1, 0.15) is 32.6 Å². The molecule has 1 N–H and O–H groups in total. The van der Waals surface area contributed by atoms with Crippen LogP contribution in [0.3, 0.4) is 0 Å². The highest BCUT2D eigenvalue weighted by Crippen LogP contribution is 2.40. The van der Waals surface area contributed by atoms with Crippen LogP contribution in [0.2, 0.25) is 0 Å². The molecule has 0 spiro atoms. The van der Waals surface area contributed by atoms with Gasteiger partial charge in [-0.1, -0.05) is 6.92 Å². The minimum Gasteiger partial charge on any atom is -0.480 e. The highest BCUT2D eigenvalue weighted by molar-refractivity contribution is 5.87. The molecule has 1 saturated carbocycles. The lowest BCUT2D eigenvalue weighted by Gasteiger charge is -2.33. The zero-order valence-corrected chi connectivity index (χ0v) is 8.98. The van der Waals surface area contributed by atoms with Crippen LogP contribution in [0.5, 0.6) is 0 Å². The van der Waals surface area contributed by atoms with Gasteiger partial charge in [-0.2, -0.15) is 0 Å². The predicted octanol–water partition coefficient (Wildman–Crippen LogP) is 1.11. The van der Waals surface area contributed by atoms with Gasteiger partial charge in [0.1, 0.15) is 6.04 Å². The number of nitrogens with zero attached hydrogens (tertiary/aromatic N) is 1. The van der Waals surface area contributed by atoms with Gasteiger partial charge >= 0.3 is 5.97 Å². The first-order chi connectivity index (χ1) is 7.11. The normalized spacial score (nSPS) is 35.0. The number of likely N-dealkylation sites (tertiary alicyclic amines) is 1. The number of carbonyl (C=O) groups excluding carboxylic acids is 1. The van der Waals surface area contributed by atoms with Crippen LogP contribution in [0.25, 0.3) is 0 Å². The lowest BCUT2D eigenvalue weighted by Crippen LogP contribution is -2.48. The maximum absolute atomic E-state index is 11.9. The molecule has 2 fully saturated rings. The van der Waals surface area contributed by atoms with Crippen molar-refractivity contribution in [3.8, 4) is 0 Å². The number of carboxylic acid groups (broad SMARTS) is 1. The van der Waals surface area contributed by atoms with Crippen molar-refractivity contribution in [3.05, 3.63) is 0 Å². The van der Waals surface area contributed by atoms with E-state index in [1.807, 2.05) is 6.92 Å². The molecule has 0 unspecified atom stereocenters. The van der Waals surface area contributed by atoms with Gasteiger partial charge in [0.2, 0.25) is 5.91 Å². The van der Waals surface area contributed by atoms with Crippen molar-refractivity contribution in [2.24, 2.45) is 11.8 Å². The van der Waals surface area contributed by atoms with Crippen LogP contribution >= 0.6 is 0 Å². The first-order valence-electron chi connectivity index (χ1n) is 5.64. The largest absolute Gasteiger partial charge is 0.480 e. The number of hydrogen-bond acceptors (Lipinski definition) is 2. The van der Waals surface area contributed by atoms with Gasteiger partial charge in [-0.05, 0) is 31.6 Å². The molecule has 2 rings (SSSR count). The number of carbonyl (C=O) groups is 2. The zero-order chi connectivity index (χ0) is 11.0. The Balaban J connectivity index is 2.04. The fourth-order valence-corrected chi connectivity index (χ4v) is 2.33. The van der Waals surface area contributed by atoms with Crippen LogP contribution in [0, 0.1) is 11.8 Å². The topological polar surface area (TPSA) is 57.6 Å². The SMILES string of the molecule is C[C@@H]1C[C@H]1C(=O)N1CCCC[C@@H]1C(=O)O. The Bertz CT molecular complexity index is 290. The molecular weight excluding hydrogens is 194 g/mol. The average molecular weight is 211 g/mol. The maximum atomic E-state index is 11.9. The highest BCUT2D eigenvalue weighted by Gasteiger charge is 2.44. The van der Waals surface area contributed by atoms with Crippen LogP contribution < -0.4 is 0 Å². The van der Waals surface area contributed by atoms with Gasteiger partial charge in [0.15, 0.2) is 0 Å². The second-order valence-electron chi connectivity index (χ2n) is 4.70. The number of carboxylic acids is 1. The van der Waals surface area contributed by atoms with Crippen molar-refractivity contribution in [1.82, 2.24) is 4.90 Å². The van der Waals surface area contributed by atoms with Crippen molar-refractivity contribution >= 4 is 11.9 Å². The zero-order valence-electron chi connectivity index (χ0n) is 8.98. The number of rotatable bonds is 2. The molecule has 1 aliphatic heterocycles. The van der Waals surface area contributed by atoms with E-state index in [2.05, 4.69) is 0 Å². The van der Waals surface area contributed by atoms with E-state index < -0.39 is 12.0 Å². The summed E-state index contributed by atoms with van der Waals surface area (Å²) in [5.74, 6) is -0.232. The van der Waals surface area contributed by atoms with E-state index >= 15 is 0 Å². The highest BCUT2D eigenvalue weighted by atomic mass is 16.4. The molecule has 0 aromatic rings. The Morgan fingerprint density at radius 3 is 2.53 bits per heavy atom. The second-order valence-corrected chi connectivity index (χ2v) is 4.70. The third-order valence-electron chi connectivity index (χ3n) is 3.50. The van der Waals surface area contributed by atoms with Gasteiger partial charge in [0.05, 0.1) is 0 Å². The van der Waals surface area contributed by atoms with Gasteiger partial charge in [-0.25, -0.2) is 4.79 Å². The van der Waals surface area contributed by atoms with Gasteiger partial charge in [0.25, 0.3) is 0 Å². The second kappa shape index (κ2) is 3.83. The summed E-state index contributed by atoms with van der Waals surface area (Å²) in [5, 5.41) is 9.03. The minimum atomic E-state index is -0.851. The summed E-state index contributed by atoms with van der Waals surface area (Å²) in [6.07, 6.45) is 3.40. The Hall–Kier alpha value is -1.06. The van der Waals surface area contributed by atoms with Crippen LogP contribution in [0.15, 0.2) is 0 Å². The third-order valence-corrected chi connectivity index (χ3v) is 3.50. The first-order valence-corrected chi connectivity index (χ1v) is 5.64. The minimum absolute atomic E-state index is 0.0644. The van der Waals surface area contributed by atoms with Gasteiger partial charge in [0, 0.05) is 12.5 Å². The third kappa shape index (κ3) is 1.98. The van der Waals surface area contributed by atoms with Crippen molar-refractivity contribution in [1.29, 1.82) is 0 Å². The van der Waals surface area contributed by atoms with Crippen LogP contribution in [0.4, 0.5) is 0 Å². The van der Waals surface area contributed by atoms with Crippen LogP contribution in [-0.2, 0) is 9.59 Å². The van der Waals surface area contributed by atoms with E-state index in [-0.39, 0.29) is 11.8 Å². The Morgan fingerprint density at radius 1 is 1.33 bits per heavy atom. The molecule has 0 aromatic carbocycles. The Kier molecular flexibility index (Phi) is 2.67. The molecule has 2 aliphatic rings. The van der Waals surface area contributed by atoms with Gasteiger partial charge in [-0.3, -0.25) is 4.79 Å². The smallest absolute Gasteiger partial charge is 0.326 e. The molecule has 4 heteroatoms. The number of piperidine rings is 1. The molecule has 1 aliphatic carbocycles.